The number of esters is 1. The maximum atomic E-state index is 13.3. The van der Waals surface area contributed by atoms with Crippen molar-refractivity contribution < 1.29 is 22.7 Å². The summed E-state index contributed by atoms with van der Waals surface area (Å²) in [7, 11) is -0.278. The Balaban J connectivity index is 1.39. The second kappa shape index (κ2) is 12.5. The Labute approximate surface area is 246 Å². The molecule has 1 fully saturated rings. The van der Waals surface area contributed by atoms with E-state index < -0.39 is 16.0 Å². The van der Waals surface area contributed by atoms with E-state index in [1.807, 2.05) is 30.3 Å². The molecule has 1 saturated heterocycles. The number of methoxy groups -OCH3 is 1. The standard InChI is InChI=1S/C31H35N5O5S/c1-21-19-26-27(20-25(21)31(38)41-3)34-30(37)28(26)29(22-7-5-4-6-8-22)33-23-9-11-24(12-10-23)42(39,40)32-13-14-36-17-15-35(2)16-18-36/h4-12,19-20,32-33H,13-18H2,1-3H3,(H,34,37)/b29-28-. The number of aryl methyl sites for hydroxylation is 1. The minimum absolute atomic E-state index is 0.162. The second-order valence-electron chi connectivity index (χ2n) is 10.5. The van der Waals surface area contributed by atoms with Crippen LogP contribution in [0.25, 0.3) is 11.3 Å². The van der Waals surface area contributed by atoms with E-state index in [1.54, 1.807) is 43.3 Å². The van der Waals surface area contributed by atoms with Crippen LogP contribution in [0.5, 0.6) is 0 Å². The van der Waals surface area contributed by atoms with Crippen molar-refractivity contribution in [1.29, 1.82) is 0 Å². The molecule has 0 spiro atoms. The predicted octanol–water partition coefficient (Wildman–Crippen LogP) is 3.24. The van der Waals surface area contributed by atoms with Gasteiger partial charge in [0, 0.05) is 50.5 Å². The Morgan fingerprint density at radius 2 is 1.69 bits per heavy atom. The molecule has 5 rings (SSSR count). The van der Waals surface area contributed by atoms with E-state index in [9.17, 15) is 18.0 Å². The summed E-state index contributed by atoms with van der Waals surface area (Å²) in [5.74, 6) is -0.797. The highest BCUT2D eigenvalue weighted by atomic mass is 32.2. The quantitative estimate of drug-likeness (QED) is 0.257. The van der Waals surface area contributed by atoms with E-state index in [2.05, 4.69) is 32.2 Å². The molecule has 3 aromatic carbocycles. The van der Waals surface area contributed by atoms with Gasteiger partial charge in [0.25, 0.3) is 5.91 Å². The fourth-order valence-corrected chi connectivity index (χ4v) is 6.16. The number of nitrogens with one attached hydrogen (secondary N) is 3. The number of fused-ring (bicyclic) bond motifs is 1. The molecule has 0 aromatic heterocycles. The first-order chi connectivity index (χ1) is 20.2. The van der Waals surface area contributed by atoms with Crippen molar-refractivity contribution >= 4 is 44.5 Å². The number of anilines is 2. The van der Waals surface area contributed by atoms with Gasteiger partial charge in [0.05, 0.1) is 34.5 Å². The first kappa shape index (κ1) is 29.5. The normalized spacial score (nSPS) is 17.0. The van der Waals surface area contributed by atoms with Crippen LogP contribution in [0.2, 0.25) is 0 Å². The van der Waals surface area contributed by atoms with Crippen molar-refractivity contribution in [3.05, 3.63) is 89.0 Å². The number of sulfonamides is 1. The van der Waals surface area contributed by atoms with Gasteiger partial charge in [-0.3, -0.25) is 9.69 Å². The van der Waals surface area contributed by atoms with Crippen LogP contribution in [0.1, 0.15) is 27.0 Å². The van der Waals surface area contributed by atoms with Crippen LogP contribution in [0, 0.1) is 6.92 Å². The summed E-state index contributed by atoms with van der Waals surface area (Å²) < 4.78 is 33.5. The van der Waals surface area contributed by atoms with Gasteiger partial charge in [-0.2, -0.15) is 0 Å². The summed E-state index contributed by atoms with van der Waals surface area (Å²) in [5, 5.41) is 6.21. The van der Waals surface area contributed by atoms with Crippen molar-refractivity contribution in [2.24, 2.45) is 0 Å². The number of carbonyl (C=O) groups excluding carboxylic acids is 2. The highest BCUT2D eigenvalue weighted by molar-refractivity contribution is 7.89. The molecule has 0 radical (unpaired) electrons. The predicted molar refractivity (Wildman–Crippen MR) is 164 cm³/mol. The minimum Gasteiger partial charge on any atom is -0.465 e. The Kier molecular flexibility index (Phi) is 8.74. The number of piperazine rings is 1. The van der Waals surface area contributed by atoms with Gasteiger partial charge in [0.1, 0.15) is 0 Å². The second-order valence-corrected chi connectivity index (χ2v) is 12.2. The number of hydrogen-bond donors (Lipinski definition) is 3. The Hall–Kier alpha value is -4.03. The van der Waals surface area contributed by atoms with Crippen LogP contribution in [0.15, 0.2) is 71.6 Å². The van der Waals surface area contributed by atoms with Crippen LogP contribution >= 0.6 is 0 Å². The average Bonchev–Trinajstić information content (AvgIpc) is 3.30. The smallest absolute Gasteiger partial charge is 0.338 e. The molecule has 0 bridgehead atoms. The number of rotatable bonds is 9. The van der Waals surface area contributed by atoms with Crippen LogP contribution in [-0.2, 0) is 19.6 Å². The number of likely N-dealkylation sites (N-methyl/N-ethyl adjacent to an activating group) is 1. The monoisotopic (exact) mass is 589 g/mol. The van der Waals surface area contributed by atoms with E-state index in [0.29, 0.717) is 52.4 Å². The van der Waals surface area contributed by atoms with Crippen LogP contribution in [-0.4, -0.2) is 83.5 Å². The highest BCUT2D eigenvalue weighted by Crippen LogP contribution is 2.39. The SMILES string of the molecule is COC(=O)c1cc2c(cc1C)/C(=C(/Nc1ccc(S(=O)(=O)NCCN3CCN(C)CC3)cc1)c1ccccc1)C(=O)N2. The van der Waals surface area contributed by atoms with Gasteiger partial charge in [-0.05, 0) is 61.5 Å². The van der Waals surface area contributed by atoms with Gasteiger partial charge in [-0.25, -0.2) is 17.9 Å². The fourth-order valence-electron chi connectivity index (χ4n) is 5.14. The van der Waals surface area contributed by atoms with Crippen molar-refractivity contribution in [3.8, 4) is 0 Å². The van der Waals surface area contributed by atoms with Gasteiger partial charge in [0.2, 0.25) is 10.0 Å². The number of ether oxygens (including phenoxy) is 1. The summed E-state index contributed by atoms with van der Waals surface area (Å²) in [5.41, 5.74) is 4.57. The molecule has 11 heteroatoms. The van der Waals surface area contributed by atoms with Crippen LogP contribution in [0.3, 0.4) is 0 Å². The molecule has 0 atom stereocenters. The van der Waals surface area contributed by atoms with E-state index in [-0.39, 0.29) is 10.8 Å². The number of amides is 1. The van der Waals surface area contributed by atoms with Gasteiger partial charge in [-0.15, -0.1) is 0 Å². The number of nitrogens with zero attached hydrogens (tertiary/aromatic N) is 2. The summed E-state index contributed by atoms with van der Waals surface area (Å²) >= 11 is 0. The molecular weight excluding hydrogens is 554 g/mol. The lowest BCUT2D eigenvalue weighted by molar-refractivity contribution is -0.110. The fraction of sp³-hybridized carbons (Fsp3) is 0.290. The molecule has 3 aromatic rings. The number of carbonyl (C=O) groups is 2. The molecule has 0 aliphatic carbocycles. The Morgan fingerprint density at radius 1 is 1.00 bits per heavy atom. The first-order valence-electron chi connectivity index (χ1n) is 13.8. The summed E-state index contributed by atoms with van der Waals surface area (Å²) in [6.07, 6.45) is 0. The molecular formula is C31H35N5O5S. The Morgan fingerprint density at radius 3 is 2.36 bits per heavy atom. The lowest BCUT2D eigenvalue weighted by Gasteiger charge is -2.32. The largest absolute Gasteiger partial charge is 0.465 e. The van der Waals surface area contributed by atoms with Crippen LogP contribution < -0.4 is 15.4 Å². The molecule has 0 saturated carbocycles. The highest BCUT2D eigenvalue weighted by Gasteiger charge is 2.30. The third-order valence-corrected chi connectivity index (χ3v) is 9.05. The molecule has 3 N–H and O–H groups in total. The summed E-state index contributed by atoms with van der Waals surface area (Å²) in [6.45, 7) is 6.58. The topological polar surface area (TPSA) is 120 Å². The van der Waals surface area contributed by atoms with Crippen molar-refractivity contribution in [3.63, 3.8) is 0 Å². The van der Waals surface area contributed by atoms with Crippen molar-refractivity contribution in [2.45, 2.75) is 11.8 Å². The lowest BCUT2D eigenvalue weighted by Crippen LogP contribution is -2.46. The molecule has 220 valence electrons. The van der Waals surface area contributed by atoms with E-state index >= 15 is 0 Å². The molecule has 0 unspecified atom stereocenters. The maximum Gasteiger partial charge on any atom is 0.338 e. The summed E-state index contributed by atoms with van der Waals surface area (Å²) in [4.78, 5) is 30.2. The van der Waals surface area contributed by atoms with E-state index in [1.165, 1.54) is 7.11 Å². The first-order valence-corrected chi connectivity index (χ1v) is 15.3. The minimum atomic E-state index is -3.68. The van der Waals surface area contributed by atoms with Gasteiger partial charge in [0.15, 0.2) is 0 Å². The van der Waals surface area contributed by atoms with Crippen molar-refractivity contribution in [1.82, 2.24) is 14.5 Å². The van der Waals surface area contributed by atoms with Crippen LogP contribution in [0.4, 0.5) is 11.4 Å². The zero-order valence-corrected chi connectivity index (χ0v) is 24.8. The third kappa shape index (κ3) is 6.39. The maximum absolute atomic E-state index is 13.3. The van der Waals surface area contributed by atoms with Gasteiger partial charge < -0.3 is 20.3 Å². The molecule has 2 aliphatic heterocycles. The van der Waals surface area contributed by atoms with Gasteiger partial charge >= 0.3 is 5.97 Å². The third-order valence-electron chi connectivity index (χ3n) is 7.58. The number of hydrogen-bond acceptors (Lipinski definition) is 8. The van der Waals surface area contributed by atoms with E-state index in [0.717, 1.165) is 31.7 Å². The average molecular weight is 590 g/mol. The lowest BCUT2D eigenvalue weighted by atomic mass is 9.96. The Bertz CT molecular complexity index is 1610. The molecule has 10 nitrogen and oxygen atoms in total. The molecule has 42 heavy (non-hydrogen) atoms. The van der Waals surface area contributed by atoms with E-state index in [4.69, 9.17) is 4.74 Å². The van der Waals surface area contributed by atoms with Gasteiger partial charge in [-0.1, -0.05) is 30.3 Å². The molecule has 1 amide bonds. The van der Waals surface area contributed by atoms with Crippen molar-refractivity contribution in [2.75, 3.05) is 64.1 Å². The summed E-state index contributed by atoms with van der Waals surface area (Å²) in [6, 6.07) is 19.3. The zero-order valence-electron chi connectivity index (χ0n) is 23.9. The molecule has 2 aliphatic rings. The number of benzene rings is 3. The zero-order chi connectivity index (χ0) is 29.9. The molecule has 2 heterocycles.